The Balaban J connectivity index is 2.15. The Morgan fingerprint density at radius 3 is 3.00 bits per heavy atom. The maximum absolute atomic E-state index is 10.8. The van der Waals surface area contributed by atoms with E-state index in [1.807, 2.05) is 0 Å². The van der Waals surface area contributed by atoms with Crippen LogP contribution >= 0.6 is 0 Å². The molecule has 1 fully saturated rings. The van der Waals surface area contributed by atoms with E-state index >= 15 is 0 Å². The van der Waals surface area contributed by atoms with Crippen LogP contribution in [-0.2, 0) is 14.3 Å². The van der Waals surface area contributed by atoms with Crippen LogP contribution in [-0.4, -0.2) is 36.5 Å². The van der Waals surface area contributed by atoms with Gasteiger partial charge in [0.25, 0.3) is 0 Å². The Hall–Kier alpha value is -0.610. The number of rotatable bonds is 4. The molecule has 1 N–H and O–H groups in total. The van der Waals surface area contributed by atoms with Crippen molar-refractivity contribution < 1.29 is 19.4 Å². The first-order chi connectivity index (χ1) is 5.24. The van der Waals surface area contributed by atoms with Gasteiger partial charge in [0.05, 0.1) is 19.3 Å². The Morgan fingerprint density at radius 1 is 1.91 bits per heavy atom. The van der Waals surface area contributed by atoms with Crippen LogP contribution in [0.15, 0.2) is 0 Å². The summed E-state index contributed by atoms with van der Waals surface area (Å²) in [6.07, 6.45) is -0.587. The van der Waals surface area contributed by atoms with Crippen LogP contribution in [0.2, 0.25) is 0 Å². The van der Waals surface area contributed by atoms with Crippen molar-refractivity contribution >= 4 is 5.97 Å². The average molecular weight is 160 g/mol. The summed E-state index contributed by atoms with van der Waals surface area (Å²) in [5.41, 5.74) is 0. The zero-order valence-corrected chi connectivity index (χ0v) is 6.45. The zero-order chi connectivity index (χ0) is 8.27. The first-order valence-corrected chi connectivity index (χ1v) is 3.70. The zero-order valence-electron chi connectivity index (χ0n) is 6.45. The van der Waals surface area contributed by atoms with Gasteiger partial charge >= 0.3 is 5.97 Å². The van der Waals surface area contributed by atoms with Crippen molar-refractivity contribution in [2.45, 2.75) is 25.6 Å². The molecule has 11 heavy (non-hydrogen) atoms. The van der Waals surface area contributed by atoms with E-state index in [1.165, 1.54) is 0 Å². The highest BCUT2D eigenvalue weighted by Crippen LogP contribution is 2.15. The van der Waals surface area contributed by atoms with Gasteiger partial charge in [-0.15, -0.1) is 0 Å². The molecule has 0 amide bonds. The minimum Gasteiger partial charge on any atom is -0.464 e. The molecule has 1 heterocycles. The van der Waals surface area contributed by atoms with E-state index in [2.05, 4.69) is 4.74 Å². The van der Waals surface area contributed by atoms with Crippen LogP contribution in [0.1, 0.15) is 13.3 Å². The molecule has 1 aliphatic rings. The molecule has 0 saturated carbocycles. The van der Waals surface area contributed by atoms with E-state index < -0.39 is 12.1 Å². The van der Waals surface area contributed by atoms with Gasteiger partial charge in [0.15, 0.2) is 6.10 Å². The second-order valence-corrected chi connectivity index (χ2v) is 2.46. The molecule has 0 aliphatic carbocycles. The first kappa shape index (κ1) is 8.49. The summed E-state index contributed by atoms with van der Waals surface area (Å²) in [5.74, 6) is -0.553. The van der Waals surface area contributed by atoms with Crippen molar-refractivity contribution in [1.29, 1.82) is 0 Å². The van der Waals surface area contributed by atoms with Crippen molar-refractivity contribution in [2.75, 3.05) is 13.2 Å². The van der Waals surface area contributed by atoms with Crippen LogP contribution < -0.4 is 0 Å². The average Bonchev–Trinajstić information content (AvgIpc) is 2.72. The van der Waals surface area contributed by atoms with Gasteiger partial charge in [0.1, 0.15) is 0 Å². The van der Waals surface area contributed by atoms with Crippen LogP contribution in [0.4, 0.5) is 0 Å². The van der Waals surface area contributed by atoms with Gasteiger partial charge in [-0.3, -0.25) is 0 Å². The third-order valence-corrected chi connectivity index (χ3v) is 1.45. The van der Waals surface area contributed by atoms with E-state index in [-0.39, 0.29) is 6.10 Å². The van der Waals surface area contributed by atoms with Crippen molar-refractivity contribution in [1.82, 2.24) is 0 Å². The number of hydrogen-bond acceptors (Lipinski definition) is 4. The van der Waals surface area contributed by atoms with E-state index in [4.69, 9.17) is 9.84 Å². The van der Waals surface area contributed by atoms with Gasteiger partial charge in [0, 0.05) is 6.42 Å². The highest BCUT2D eigenvalue weighted by molar-refractivity contribution is 5.74. The lowest BCUT2D eigenvalue weighted by atomic mass is 10.2. The molecule has 2 atom stereocenters. The van der Waals surface area contributed by atoms with E-state index in [0.717, 1.165) is 0 Å². The van der Waals surface area contributed by atoms with E-state index in [1.54, 1.807) is 6.92 Å². The molecule has 0 spiro atoms. The maximum atomic E-state index is 10.8. The number of epoxide rings is 1. The molecule has 4 nitrogen and oxygen atoms in total. The van der Waals surface area contributed by atoms with Gasteiger partial charge in [-0.25, -0.2) is 4.79 Å². The number of esters is 1. The predicted octanol–water partition coefficient (Wildman–Crippen LogP) is -0.301. The first-order valence-electron chi connectivity index (χ1n) is 3.70. The number of aliphatic hydroxyl groups is 1. The van der Waals surface area contributed by atoms with Gasteiger partial charge in [-0.1, -0.05) is 0 Å². The quantitative estimate of drug-likeness (QED) is 0.453. The lowest BCUT2D eigenvalue weighted by Gasteiger charge is -2.06. The lowest BCUT2D eigenvalue weighted by molar-refractivity contribution is -0.153. The summed E-state index contributed by atoms with van der Waals surface area (Å²) >= 11 is 0. The van der Waals surface area contributed by atoms with Crippen molar-refractivity contribution in [3.63, 3.8) is 0 Å². The SMILES string of the molecule is CCOC(=O)C(O)CC1CO1. The molecule has 2 unspecified atom stereocenters. The largest absolute Gasteiger partial charge is 0.464 e. The fraction of sp³-hybridized carbons (Fsp3) is 0.857. The summed E-state index contributed by atoms with van der Waals surface area (Å²) in [6, 6.07) is 0. The summed E-state index contributed by atoms with van der Waals surface area (Å²) in [4.78, 5) is 10.8. The number of carbonyl (C=O) groups excluding carboxylic acids is 1. The minimum atomic E-state index is -1.01. The molecule has 0 bridgehead atoms. The second kappa shape index (κ2) is 3.69. The summed E-state index contributed by atoms with van der Waals surface area (Å²) in [6.45, 7) is 2.66. The Morgan fingerprint density at radius 2 is 2.55 bits per heavy atom. The molecule has 0 aromatic carbocycles. The third kappa shape index (κ3) is 2.86. The van der Waals surface area contributed by atoms with Gasteiger partial charge in [-0.05, 0) is 6.92 Å². The van der Waals surface area contributed by atoms with Crippen molar-refractivity contribution in [2.24, 2.45) is 0 Å². The minimum absolute atomic E-state index is 0.0643. The standard InChI is InChI=1S/C7H12O4/c1-2-10-7(9)6(8)3-5-4-11-5/h5-6,8H,2-4H2,1H3. The number of aliphatic hydroxyl groups excluding tert-OH is 1. The van der Waals surface area contributed by atoms with Gasteiger partial charge in [0.2, 0.25) is 0 Å². The highest BCUT2D eigenvalue weighted by atomic mass is 16.6. The molecule has 1 aliphatic heterocycles. The number of carbonyl (C=O) groups is 1. The fourth-order valence-corrected chi connectivity index (χ4v) is 0.788. The Bertz CT molecular complexity index is 141. The predicted molar refractivity (Wildman–Crippen MR) is 37.0 cm³/mol. The summed E-state index contributed by atoms with van der Waals surface area (Å²) in [5, 5.41) is 9.10. The fourth-order valence-electron chi connectivity index (χ4n) is 0.788. The van der Waals surface area contributed by atoms with Crippen LogP contribution in [0.3, 0.4) is 0 Å². The molecule has 64 valence electrons. The highest BCUT2D eigenvalue weighted by Gasteiger charge is 2.29. The summed E-state index contributed by atoms with van der Waals surface area (Å²) < 4.78 is 9.43. The smallest absolute Gasteiger partial charge is 0.335 e. The molecule has 1 saturated heterocycles. The number of hydrogen-bond donors (Lipinski definition) is 1. The number of ether oxygens (including phenoxy) is 2. The van der Waals surface area contributed by atoms with Crippen molar-refractivity contribution in [3.05, 3.63) is 0 Å². The van der Waals surface area contributed by atoms with E-state index in [9.17, 15) is 4.79 Å². The normalized spacial score (nSPS) is 24.4. The van der Waals surface area contributed by atoms with E-state index in [0.29, 0.717) is 19.6 Å². The molecular formula is C7H12O4. The third-order valence-electron chi connectivity index (χ3n) is 1.45. The monoisotopic (exact) mass is 160 g/mol. The molecule has 4 heteroatoms. The van der Waals surface area contributed by atoms with Crippen LogP contribution in [0, 0.1) is 0 Å². The Kier molecular flexibility index (Phi) is 2.84. The van der Waals surface area contributed by atoms with Crippen molar-refractivity contribution in [3.8, 4) is 0 Å². The second-order valence-electron chi connectivity index (χ2n) is 2.46. The maximum Gasteiger partial charge on any atom is 0.335 e. The topological polar surface area (TPSA) is 59.1 Å². The van der Waals surface area contributed by atoms with Crippen LogP contribution in [0.5, 0.6) is 0 Å². The molecule has 0 radical (unpaired) electrons. The Labute approximate surface area is 65.1 Å². The molecular weight excluding hydrogens is 148 g/mol. The molecule has 0 aromatic rings. The molecule has 0 aromatic heterocycles. The van der Waals surface area contributed by atoms with Gasteiger partial charge < -0.3 is 14.6 Å². The molecule has 1 rings (SSSR count). The van der Waals surface area contributed by atoms with Crippen LogP contribution in [0.25, 0.3) is 0 Å². The summed E-state index contributed by atoms with van der Waals surface area (Å²) in [7, 11) is 0. The van der Waals surface area contributed by atoms with Gasteiger partial charge in [-0.2, -0.15) is 0 Å². The lowest BCUT2D eigenvalue weighted by Crippen LogP contribution is -2.24.